The number of halogens is 3. The van der Waals surface area contributed by atoms with Crippen molar-refractivity contribution in [3.63, 3.8) is 0 Å². The lowest BCUT2D eigenvalue weighted by atomic mass is 10.0. The molecule has 1 N–H and O–H groups in total. The molecule has 0 bridgehead atoms. The zero-order valence-electron chi connectivity index (χ0n) is 22.5. The van der Waals surface area contributed by atoms with Gasteiger partial charge in [-0.3, -0.25) is 9.48 Å². The first-order valence-corrected chi connectivity index (χ1v) is 14.4. The molecule has 1 aromatic heterocycles. The van der Waals surface area contributed by atoms with Gasteiger partial charge in [0.05, 0.1) is 11.1 Å². The summed E-state index contributed by atoms with van der Waals surface area (Å²) in [5.41, 5.74) is -0.0137. The summed E-state index contributed by atoms with van der Waals surface area (Å²) in [7, 11) is 1.62. The minimum atomic E-state index is -4.59. The average Bonchev–Trinajstić information content (AvgIpc) is 3.07. The van der Waals surface area contributed by atoms with E-state index in [2.05, 4.69) is 20.2 Å². The van der Waals surface area contributed by atoms with Crippen molar-refractivity contribution in [1.29, 1.82) is 0 Å². The number of nitrogens with one attached hydrogen (secondary N) is 1. The Balaban J connectivity index is 1.28. The molecule has 0 aliphatic carbocycles. The number of likely N-dealkylation sites (tertiary alicyclic amines) is 2. The van der Waals surface area contributed by atoms with Crippen molar-refractivity contribution >= 4 is 22.5 Å². The maximum absolute atomic E-state index is 14.3. The van der Waals surface area contributed by atoms with Crippen LogP contribution in [0.15, 0.2) is 12.1 Å². The van der Waals surface area contributed by atoms with Gasteiger partial charge in [0.2, 0.25) is 0 Å². The molecule has 3 fully saturated rings. The highest BCUT2D eigenvalue weighted by atomic mass is 19.4. The normalized spacial score (nSPS) is 21.1. The maximum Gasteiger partial charge on any atom is 0.417 e. The Bertz CT molecular complexity index is 1090. The van der Waals surface area contributed by atoms with E-state index in [-0.39, 0.29) is 17.1 Å². The van der Waals surface area contributed by atoms with Crippen LogP contribution >= 0.6 is 0 Å². The standard InChI is InChI=1S/C28H41F3N6O/c1-34-24-20-22(37-13-7-2-3-8-14-37)19-23(28(29,30)31)25(24)26(33-34)27(38)32-21-9-15-36(16-10-21)18-17-35-11-5-4-6-12-35/h19-21H,2-18H2,1H3,(H,32,38). The molecule has 0 saturated carbocycles. The molecule has 0 spiro atoms. The maximum atomic E-state index is 14.3. The Hall–Kier alpha value is -2.33. The van der Waals surface area contributed by atoms with E-state index in [1.165, 1.54) is 43.1 Å². The Morgan fingerprint density at radius 2 is 1.47 bits per heavy atom. The molecule has 1 amide bonds. The highest BCUT2D eigenvalue weighted by molar-refractivity contribution is 6.07. The second-order valence-electron chi connectivity index (χ2n) is 11.3. The van der Waals surface area contributed by atoms with E-state index in [4.69, 9.17) is 0 Å². The number of rotatable bonds is 6. The van der Waals surface area contributed by atoms with Gasteiger partial charge < -0.3 is 20.0 Å². The first-order valence-electron chi connectivity index (χ1n) is 14.4. The molecule has 5 rings (SSSR count). The van der Waals surface area contributed by atoms with Crippen LogP contribution in [0.25, 0.3) is 10.9 Å². The molecule has 1 aromatic carbocycles. The minimum absolute atomic E-state index is 0.0588. The van der Waals surface area contributed by atoms with Gasteiger partial charge in [-0.15, -0.1) is 0 Å². The van der Waals surface area contributed by atoms with Gasteiger partial charge in [-0.2, -0.15) is 18.3 Å². The number of aryl methyl sites for hydroxylation is 1. The zero-order valence-corrected chi connectivity index (χ0v) is 22.5. The molecule has 7 nitrogen and oxygen atoms in total. The number of anilines is 1. The largest absolute Gasteiger partial charge is 0.417 e. The number of amides is 1. The van der Waals surface area contributed by atoms with E-state index in [9.17, 15) is 18.0 Å². The summed E-state index contributed by atoms with van der Waals surface area (Å²) >= 11 is 0. The number of aromatic nitrogens is 2. The smallest absolute Gasteiger partial charge is 0.371 e. The molecule has 3 aliphatic rings. The van der Waals surface area contributed by atoms with E-state index >= 15 is 0 Å². The molecule has 0 radical (unpaired) electrons. The van der Waals surface area contributed by atoms with Crippen LogP contribution in [0.4, 0.5) is 18.9 Å². The van der Waals surface area contributed by atoms with Crippen LogP contribution in [0, 0.1) is 0 Å². The summed E-state index contributed by atoms with van der Waals surface area (Å²) in [6.45, 7) is 7.73. The number of alkyl halides is 3. The molecular weight excluding hydrogens is 493 g/mol. The third kappa shape index (κ3) is 6.28. The molecule has 0 unspecified atom stereocenters. The van der Waals surface area contributed by atoms with Gasteiger partial charge >= 0.3 is 6.18 Å². The number of piperidine rings is 2. The zero-order chi connectivity index (χ0) is 26.7. The first kappa shape index (κ1) is 27.2. The van der Waals surface area contributed by atoms with E-state index in [1.54, 1.807) is 13.1 Å². The average molecular weight is 535 g/mol. The third-order valence-corrected chi connectivity index (χ3v) is 8.53. The fourth-order valence-corrected chi connectivity index (χ4v) is 6.28. The summed E-state index contributed by atoms with van der Waals surface area (Å²) in [6, 6.07) is 2.92. The van der Waals surface area contributed by atoms with Crippen molar-refractivity contribution in [2.24, 2.45) is 7.05 Å². The molecule has 2 aromatic rings. The summed E-state index contributed by atoms with van der Waals surface area (Å²) in [6.07, 6.45) is 5.03. The number of nitrogens with zero attached hydrogens (tertiary/aromatic N) is 5. The quantitative estimate of drug-likeness (QED) is 0.585. The second kappa shape index (κ2) is 11.8. The molecule has 4 heterocycles. The van der Waals surface area contributed by atoms with Crippen molar-refractivity contribution in [2.45, 2.75) is 70.0 Å². The first-order chi connectivity index (χ1) is 18.3. The number of carbonyl (C=O) groups excluding carboxylic acids is 1. The number of fused-ring (bicyclic) bond motifs is 1. The van der Waals surface area contributed by atoms with Gasteiger partial charge in [-0.1, -0.05) is 19.3 Å². The fraction of sp³-hybridized carbons (Fsp3) is 0.714. The lowest BCUT2D eigenvalue weighted by Gasteiger charge is -2.34. The van der Waals surface area contributed by atoms with Crippen molar-refractivity contribution in [2.75, 3.05) is 57.3 Å². The summed E-state index contributed by atoms with van der Waals surface area (Å²) in [5.74, 6) is -0.518. The molecule has 38 heavy (non-hydrogen) atoms. The van der Waals surface area contributed by atoms with Crippen molar-refractivity contribution in [3.8, 4) is 0 Å². The predicted octanol–water partition coefficient (Wildman–Crippen LogP) is 4.65. The lowest BCUT2D eigenvalue weighted by molar-refractivity contribution is -0.136. The Morgan fingerprint density at radius 1 is 0.895 bits per heavy atom. The monoisotopic (exact) mass is 534 g/mol. The lowest BCUT2D eigenvalue weighted by Crippen LogP contribution is -2.47. The predicted molar refractivity (Wildman–Crippen MR) is 144 cm³/mol. The Morgan fingerprint density at radius 3 is 2.11 bits per heavy atom. The van der Waals surface area contributed by atoms with Gasteiger partial charge in [0, 0.05) is 63.4 Å². The number of hydrogen-bond acceptors (Lipinski definition) is 5. The van der Waals surface area contributed by atoms with Gasteiger partial charge in [-0.05, 0) is 63.7 Å². The molecule has 210 valence electrons. The van der Waals surface area contributed by atoms with Crippen molar-refractivity contribution in [1.82, 2.24) is 24.9 Å². The van der Waals surface area contributed by atoms with E-state index in [0.29, 0.717) is 11.2 Å². The Labute approximate surface area is 223 Å². The van der Waals surface area contributed by atoms with Gasteiger partial charge in [0.1, 0.15) is 0 Å². The highest BCUT2D eigenvalue weighted by Crippen LogP contribution is 2.39. The molecule has 0 atom stereocenters. The van der Waals surface area contributed by atoms with Crippen molar-refractivity contribution < 1.29 is 18.0 Å². The molecular formula is C28H41F3N6O. The molecule has 3 aliphatic heterocycles. The number of carbonyl (C=O) groups is 1. The SMILES string of the molecule is Cn1nc(C(=O)NC2CCN(CCN3CCCCC3)CC2)c2c(C(F)(F)F)cc(N3CCCCCC3)cc21. The van der Waals surface area contributed by atoms with Crippen LogP contribution in [-0.2, 0) is 13.2 Å². The Kier molecular flexibility index (Phi) is 8.47. The van der Waals surface area contributed by atoms with Gasteiger partial charge in [0.15, 0.2) is 5.69 Å². The number of benzene rings is 1. The summed E-state index contributed by atoms with van der Waals surface area (Å²) < 4.78 is 44.4. The van der Waals surface area contributed by atoms with Crippen LogP contribution in [0.2, 0.25) is 0 Å². The topological polar surface area (TPSA) is 56.6 Å². The van der Waals surface area contributed by atoms with E-state index < -0.39 is 17.6 Å². The minimum Gasteiger partial charge on any atom is -0.371 e. The van der Waals surface area contributed by atoms with Crippen LogP contribution in [0.3, 0.4) is 0 Å². The van der Waals surface area contributed by atoms with Gasteiger partial charge in [0.25, 0.3) is 5.91 Å². The van der Waals surface area contributed by atoms with Crippen LogP contribution in [0.1, 0.15) is 73.8 Å². The third-order valence-electron chi connectivity index (χ3n) is 8.53. The van der Waals surface area contributed by atoms with E-state index in [0.717, 1.165) is 77.8 Å². The van der Waals surface area contributed by atoms with Crippen LogP contribution in [-0.4, -0.2) is 83.9 Å². The fourth-order valence-electron chi connectivity index (χ4n) is 6.28. The summed E-state index contributed by atoms with van der Waals surface area (Å²) in [5, 5.41) is 7.20. The second-order valence-corrected chi connectivity index (χ2v) is 11.3. The molecule has 3 saturated heterocycles. The molecule has 10 heteroatoms. The summed E-state index contributed by atoms with van der Waals surface area (Å²) in [4.78, 5) is 20.3. The highest BCUT2D eigenvalue weighted by Gasteiger charge is 2.37. The van der Waals surface area contributed by atoms with E-state index in [1.807, 2.05) is 4.90 Å². The van der Waals surface area contributed by atoms with Crippen LogP contribution < -0.4 is 10.2 Å². The number of hydrogen-bond donors (Lipinski definition) is 1. The van der Waals surface area contributed by atoms with Gasteiger partial charge in [-0.25, -0.2) is 0 Å². The van der Waals surface area contributed by atoms with Crippen LogP contribution in [0.5, 0.6) is 0 Å². The van der Waals surface area contributed by atoms with Crippen molar-refractivity contribution in [3.05, 3.63) is 23.4 Å².